The van der Waals surface area contributed by atoms with Crippen molar-refractivity contribution in [1.82, 2.24) is 0 Å². The van der Waals surface area contributed by atoms with Gasteiger partial charge in [-0.3, -0.25) is 0 Å². The van der Waals surface area contributed by atoms with E-state index in [4.69, 9.17) is 15.2 Å². The largest absolute Gasteiger partial charge is 0.489 e. The molecule has 0 unspecified atom stereocenters. The van der Waals surface area contributed by atoms with E-state index in [2.05, 4.69) is 11.8 Å². The molecule has 0 saturated carbocycles. The molecule has 1 heterocycles. The van der Waals surface area contributed by atoms with Gasteiger partial charge in [0.1, 0.15) is 6.61 Å². The van der Waals surface area contributed by atoms with E-state index < -0.39 is 7.12 Å². The molecule has 3 nitrogen and oxygen atoms in total. The van der Waals surface area contributed by atoms with Gasteiger partial charge < -0.3 is 15.2 Å². The standard InChI is InChI=1S/C7H7BO3S/c9-3-1-2-7-4-6(5-12-7)8(10)11/h4-5,9-11H,3H2. The van der Waals surface area contributed by atoms with Gasteiger partial charge in [-0.15, -0.1) is 11.3 Å². The minimum Gasteiger partial charge on any atom is -0.423 e. The molecule has 1 rings (SSSR count). The first-order valence-corrected chi connectivity index (χ1v) is 4.16. The van der Waals surface area contributed by atoms with E-state index in [1.807, 2.05) is 0 Å². The van der Waals surface area contributed by atoms with Gasteiger partial charge in [-0.25, -0.2) is 0 Å². The van der Waals surface area contributed by atoms with Crippen LogP contribution in [0.4, 0.5) is 0 Å². The van der Waals surface area contributed by atoms with Crippen LogP contribution < -0.4 is 5.46 Å². The van der Waals surface area contributed by atoms with Gasteiger partial charge in [0.05, 0.1) is 4.88 Å². The Kier molecular flexibility index (Phi) is 3.32. The van der Waals surface area contributed by atoms with Crippen LogP contribution in [0.2, 0.25) is 0 Å². The number of hydrogen-bond donors (Lipinski definition) is 3. The molecule has 1 aromatic rings. The van der Waals surface area contributed by atoms with Gasteiger partial charge in [0.2, 0.25) is 0 Å². The average molecular weight is 182 g/mol. The fourth-order valence-electron chi connectivity index (χ4n) is 0.679. The molecule has 0 spiro atoms. The average Bonchev–Trinajstić information content (AvgIpc) is 2.48. The second kappa shape index (κ2) is 4.29. The van der Waals surface area contributed by atoms with E-state index in [9.17, 15) is 0 Å². The lowest BCUT2D eigenvalue weighted by Gasteiger charge is -1.88. The van der Waals surface area contributed by atoms with Crippen LogP contribution in [-0.4, -0.2) is 28.9 Å². The summed E-state index contributed by atoms with van der Waals surface area (Å²) < 4.78 is 0. The third-order valence-electron chi connectivity index (χ3n) is 1.21. The normalized spacial score (nSPS) is 8.92. The van der Waals surface area contributed by atoms with Crippen LogP contribution >= 0.6 is 11.3 Å². The maximum absolute atomic E-state index is 8.73. The number of aliphatic hydroxyl groups is 1. The number of aliphatic hydroxyl groups excluding tert-OH is 1. The van der Waals surface area contributed by atoms with Crippen LogP contribution in [0.3, 0.4) is 0 Å². The quantitative estimate of drug-likeness (QED) is 0.376. The molecule has 0 saturated heterocycles. The Labute approximate surface area is 74.4 Å². The molecule has 0 aromatic carbocycles. The van der Waals surface area contributed by atoms with Crippen LogP contribution in [0.25, 0.3) is 0 Å². The van der Waals surface area contributed by atoms with Crippen molar-refractivity contribution in [2.24, 2.45) is 0 Å². The van der Waals surface area contributed by atoms with Gasteiger partial charge in [0.25, 0.3) is 0 Å². The molecular formula is C7H7BO3S. The van der Waals surface area contributed by atoms with Crippen molar-refractivity contribution in [3.8, 4) is 11.8 Å². The van der Waals surface area contributed by atoms with Crippen LogP contribution in [0, 0.1) is 11.8 Å². The molecule has 0 bridgehead atoms. The summed E-state index contributed by atoms with van der Waals surface area (Å²) in [6, 6.07) is 1.58. The topological polar surface area (TPSA) is 60.7 Å². The van der Waals surface area contributed by atoms with E-state index in [0.29, 0.717) is 10.3 Å². The zero-order valence-electron chi connectivity index (χ0n) is 6.19. The second-order valence-electron chi connectivity index (χ2n) is 2.08. The highest BCUT2D eigenvalue weighted by Gasteiger charge is 2.11. The molecule has 5 heteroatoms. The van der Waals surface area contributed by atoms with Gasteiger partial charge in [-0.05, 0) is 16.9 Å². The van der Waals surface area contributed by atoms with Crippen molar-refractivity contribution in [1.29, 1.82) is 0 Å². The van der Waals surface area contributed by atoms with Gasteiger partial charge >= 0.3 is 7.12 Å². The Morgan fingerprint density at radius 2 is 2.25 bits per heavy atom. The third-order valence-corrected chi connectivity index (χ3v) is 2.07. The molecule has 0 aliphatic carbocycles. The second-order valence-corrected chi connectivity index (χ2v) is 2.99. The molecule has 12 heavy (non-hydrogen) atoms. The lowest BCUT2D eigenvalue weighted by atomic mass is 9.83. The summed E-state index contributed by atoms with van der Waals surface area (Å²) in [4.78, 5) is 0.715. The van der Waals surface area contributed by atoms with Crippen molar-refractivity contribution in [3.63, 3.8) is 0 Å². The van der Waals surface area contributed by atoms with Crippen LogP contribution in [0.1, 0.15) is 4.88 Å². The van der Waals surface area contributed by atoms with Gasteiger partial charge in [0.15, 0.2) is 0 Å². The maximum atomic E-state index is 8.73. The summed E-state index contributed by atoms with van der Waals surface area (Å²) in [7, 11) is -1.44. The Morgan fingerprint density at radius 3 is 2.75 bits per heavy atom. The first-order valence-electron chi connectivity index (χ1n) is 3.28. The highest BCUT2D eigenvalue weighted by Crippen LogP contribution is 2.04. The van der Waals surface area contributed by atoms with Crippen LogP contribution in [0.15, 0.2) is 11.4 Å². The van der Waals surface area contributed by atoms with E-state index in [1.165, 1.54) is 11.3 Å². The minimum absolute atomic E-state index is 0.186. The Bertz CT molecular complexity index is 310. The predicted molar refractivity (Wildman–Crippen MR) is 48.1 cm³/mol. The fraction of sp³-hybridized carbons (Fsp3) is 0.143. The SMILES string of the molecule is OCC#Cc1cc(B(O)O)cs1. The molecule has 3 N–H and O–H groups in total. The van der Waals surface area contributed by atoms with Crippen molar-refractivity contribution in [2.45, 2.75) is 0 Å². The highest BCUT2D eigenvalue weighted by molar-refractivity contribution is 7.11. The molecule has 1 aromatic heterocycles. The van der Waals surface area contributed by atoms with E-state index in [1.54, 1.807) is 11.4 Å². The minimum atomic E-state index is -1.44. The molecule has 0 fully saturated rings. The van der Waals surface area contributed by atoms with Crippen LogP contribution in [-0.2, 0) is 0 Å². The van der Waals surface area contributed by atoms with E-state index in [0.717, 1.165) is 0 Å². The Balaban J connectivity index is 2.77. The molecule has 62 valence electrons. The zero-order chi connectivity index (χ0) is 8.97. The predicted octanol–water partition coefficient (Wildman–Crippen LogP) is -1.23. The zero-order valence-corrected chi connectivity index (χ0v) is 7.01. The van der Waals surface area contributed by atoms with Crippen LogP contribution in [0.5, 0.6) is 0 Å². The van der Waals surface area contributed by atoms with Gasteiger partial charge in [0, 0.05) is 0 Å². The summed E-state index contributed by atoms with van der Waals surface area (Å²) in [6.45, 7) is -0.186. The Hall–Kier alpha value is -0.795. The molecule has 0 aliphatic rings. The summed E-state index contributed by atoms with van der Waals surface area (Å²) in [6.07, 6.45) is 0. The highest BCUT2D eigenvalue weighted by atomic mass is 32.1. The first kappa shape index (κ1) is 9.29. The molecule has 0 amide bonds. The molecule has 0 radical (unpaired) electrons. The van der Waals surface area contributed by atoms with E-state index in [-0.39, 0.29) is 6.61 Å². The first-order chi connectivity index (χ1) is 5.74. The lowest BCUT2D eigenvalue weighted by molar-refractivity contribution is 0.350. The van der Waals surface area contributed by atoms with Gasteiger partial charge in [-0.2, -0.15) is 0 Å². The van der Waals surface area contributed by atoms with Crippen molar-refractivity contribution >= 4 is 23.9 Å². The molecular weight excluding hydrogens is 175 g/mol. The monoisotopic (exact) mass is 182 g/mol. The molecule has 0 aliphatic heterocycles. The Morgan fingerprint density at radius 1 is 1.50 bits per heavy atom. The van der Waals surface area contributed by atoms with Crippen molar-refractivity contribution in [3.05, 3.63) is 16.3 Å². The molecule has 0 atom stereocenters. The number of hydrogen-bond acceptors (Lipinski definition) is 4. The van der Waals surface area contributed by atoms with Crippen molar-refractivity contribution in [2.75, 3.05) is 6.61 Å². The summed E-state index contributed by atoms with van der Waals surface area (Å²) in [5, 5.41) is 27.4. The number of thiophene rings is 1. The third kappa shape index (κ3) is 2.36. The maximum Gasteiger partial charge on any atom is 0.489 e. The van der Waals surface area contributed by atoms with Gasteiger partial charge in [-0.1, -0.05) is 11.8 Å². The summed E-state index contributed by atoms with van der Waals surface area (Å²) in [5.74, 6) is 5.14. The van der Waals surface area contributed by atoms with E-state index >= 15 is 0 Å². The fourth-order valence-corrected chi connectivity index (χ4v) is 1.47. The number of rotatable bonds is 1. The summed E-state index contributed by atoms with van der Waals surface area (Å²) in [5.41, 5.74) is 0.433. The lowest BCUT2D eigenvalue weighted by Crippen LogP contribution is -2.27. The van der Waals surface area contributed by atoms with Crippen molar-refractivity contribution < 1.29 is 15.2 Å². The smallest absolute Gasteiger partial charge is 0.423 e. The summed E-state index contributed by atoms with van der Waals surface area (Å²) >= 11 is 1.31.